The van der Waals surface area contributed by atoms with E-state index in [0.717, 1.165) is 44.9 Å². The molecule has 0 saturated carbocycles. The third kappa shape index (κ3) is 24.6. The Labute approximate surface area is 312 Å². The molecular formula is C38H75NaO7S. The van der Waals surface area contributed by atoms with Crippen LogP contribution in [0.4, 0.5) is 0 Å². The molecule has 0 aromatic heterocycles. The Kier molecular flexibility index (Phi) is 34.4. The molecule has 0 heterocycles. The Morgan fingerprint density at radius 1 is 0.489 bits per heavy atom. The summed E-state index contributed by atoms with van der Waals surface area (Å²) in [6.45, 7) is 4.48. The Morgan fingerprint density at radius 3 is 0.979 bits per heavy atom. The first-order chi connectivity index (χ1) is 22.1. The van der Waals surface area contributed by atoms with Gasteiger partial charge in [0.25, 0.3) is 10.1 Å². The summed E-state index contributed by atoms with van der Waals surface area (Å²) in [4.78, 5) is 24.5. The van der Waals surface area contributed by atoms with Gasteiger partial charge in [0.2, 0.25) is 4.75 Å². The van der Waals surface area contributed by atoms with E-state index in [1.165, 1.54) is 128 Å². The predicted molar refractivity (Wildman–Crippen MR) is 199 cm³/mol. The summed E-state index contributed by atoms with van der Waals surface area (Å²) in [5.74, 6) is -4.89. The van der Waals surface area contributed by atoms with Crippen molar-refractivity contribution in [3.63, 3.8) is 0 Å². The molecule has 0 radical (unpaired) electrons. The van der Waals surface area contributed by atoms with Crippen molar-refractivity contribution in [1.82, 2.24) is 0 Å². The van der Waals surface area contributed by atoms with E-state index in [1.807, 2.05) is 0 Å². The summed E-state index contributed by atoms with van der Waals surface area (Å²) in [5, 5.41) is 19.9. The van der Waals surface area contributed by atoms with Gasteiger partial charge in [0.1, 0.15) is 0 Å². The molecule has 0 saturated heterocycles. The first kappa shape index (κ1) is 49.0. The maximum atomic E-state index is 12.5. The van der Waals surface area contributed by atoms with Crippen LogP contribution < -0.4 is 0 Å². The Balaban J connectivity index is 0. The number of carboxylic acid groups (broad SMARTS) is 2. The molecule has 0 aliphatic rings. The quantitative estimate of drug-likeness (QED) is 0.0337. The van der Waals surface area contributed by atoms with Crippen molar-refractivity contribution < 1.29 is 32.8 Å². The van der Waals surface area contributed by atoms with Crippen LogP contribution in [0, 0.1) is 5.92 Å². The number of hydrogen-bond acceptors (Lipinski definition) is 4. The number of aliphatic carboxylic acids is 2. The average molecular weight is 699 g/mol. The SMILES string of the molecule is CCCCCCCCCCCCCCCCCCC(C(=O)O)(C(CCCCCCCCCCCCCCCC)C(=O)O)S(=O)(=O)O.[NaH]. The van der Waals surface area contributed by atoms with Crippen molar-refractivity contribution in [2.75, 3.05) is 0 Å². The van der Waals surface area contributed by atoms with E-state index < -0.39 is 32.7 Å². The van der Waals surface area contributed by atoms with Crippen LogP contribution in [-0.2, 0) is 19.7 Å². The van der Waals surface area contributed by atoms with Crippen LogP contribution in [0.3, 0.4) is 0 Å². The fourth-order valence-corrected chi connectivity index (χ4v) is 8.09. The van der Waals surface area contributed by atoms with Gasteiger partial charge in [0.15, 0.2) is 0 Å². The second-order valence-corrected chi connectivity index (χ2v) is 15.7. The molecule has 7 nitrogen and oxygen atoms in total. The van der Waals surface area contributed by atoms with Crippen LogP contribution in [0.1, 0.15) is 219 Å². The van der Waals surface area contributed by atoms with Crippen molar-refractivity contribution in [2.45, 2.75) is 224 Å². The van der Waals surface area contributed by atoms with Gasteiger partial charge in [0, 0.05) is 0 Å². The van der Waals surface area contributed by atoms with Crippen LogP contribution in [-0.4, -0.2) is 69.4 Å². The third-order valence-electron chi connectivity index (χ3n) is 9.93. The number of unbranched alkanes of at least 4 members (excludes halogenated alkanes) is 28. The standard InChI is InChI=1S/C38H74O7S.Na.H/c1-3-5-7-9-11-13-15-17-19-20-22-24-26-28-30-32-34-38(37(41)42,46(43,44)45)35(36(39)40)33-31-29-27-25-23-21-18-16-14-12-10-8-6-4-2;;/h35H,3-34H2,1-2H3,(H,39,40)(H,41,42)(H,43,44,45);;. The summed E-state index contributed by atoms with van der Waals surface area (Å²) in [6.07, 6.45) is 33.5. The Morgan fingerprint density at radius 2 is 0.745 bits per heavy atom. The fourth-order valence-electron chi connectivity index (χ4n) is 6.88. The van der Waals surface area contributed by atoms with Crippen LogP contribution in [0.25, 0.3) is 0 Å². The molecule has 0 fully saturated rings. The summed E-state index contributed by atoms with van der Waals surface area (Å²) < 4.78 is 32.4. The zero-order valence-electron chi connectivity index (χ0n) is 30.1. The molecule has 0 bridgehead atoms. The van der Waals surface area contributed by atoms with Gasteiger partial charge in [-0.2, -0.15) is 8.42 Å². The van der Waals surface area contributed by atoms with Gasteiger partial charge in [-0.1, -0.05) is 206 Å². The molecule has 3 N–H and O–H groups in total. The van der Waals surface area contributed by atoms with E-state index in [-0.39, 0.29) is 48.8 Å². The Bertz CT molecular complexity index is 836. The van der Waals surface area contributed by atoms with E-state index in [9.17, 15) is 32.8 Å². The summed E-state index contributed by atoms with van der Waals surface area (Å²) in [7, 11) is -5.14. The van der Waals surface area contributed by atoms with Crippen molar-refractivity contribution >= 4 is 51.6 Å². The summed E-state index contributed by atoms with van der Waals surface area (Å²) >= 11 is 0. The normalized spacial score (nSPS) is 13.6. The number of carboxylic acids is 2. The van der Waals surface area contributed by atoms with Gasteiger partial charge >= 0.3 is 41.5 Å². The Hall–Kier alpha value is -0.150. The van der Waals surface area contributed by atoms with E-state index in [1.54, 1.807) is 0 Å². The molecule has 2 atom stereocenters. The molecule has 276 valence electrons. The van der Waals surface area contributed by atoms with E-state index in [2.05, 4.69) is 13.8 Å². The predicted octanol–water partition coefficient (Wildman–Crippen LogP) is 11.3. The van der Waals surface area contributed by atoms with Gasteiger partial charge in [-0.05, 0) is 12.8 Å². The summed E-state index contributed by atoms with van der Waals surface area (Å²) in [6, 6.07) is 0. The van der Waals surface area contributed by atoms with Crippen LogP contribution in [0.2, 0.25) is 0 Å². The monoisotopic (exact) mass is 699 g/mol. The van der Waals surface area contributed by atoms with Crippen molar-refractivity contribution in [2.24, 2.45) is 5.92 Å². The number of carbonyl (C=O) groups is 2. The second-order valence-electron chi connectivity index (χ2n) is 14.0. The van der Waals surface area contributed by atoms with Gasteiger partial charge in [-0.3, -0.25) is 14.1 Å². The van der Waals surface area contributed by atoms with E-state index in [4.69, 9.17) is 0 Å². The van der Waals surface area contributed by atoms with Crippen LogP contribution in [0.5, 0.6) is 0 Å². The summed E-state index contributed by atoms with van der Waals surface area (Å²) in [5.41, 5.74) is 0. The molecule has 0 rings (SSSR count). The molecule has 47 heavy (non-hydrogen) atoms. The van der Waals surface area contributed by atoms with Gasteiger partial charge < -0.3 is 10.2 Å². The zero-order valence-corrected chi connectivity index (χ0v) is 30.9. The maximum absolute atomic E-state index is 12.5. The molecule has 9 heteroatoms. The minimum atomic E-state index is -5.14. The molecule has 0 aromatic rings. The third-order valence-corrected chi connectivity index (χ3v) is 11.5. The molecule has 0 aliphatic heterocycles. The topological polar surface area (TPSA) is 129 Å². The van der Waals surface area contributed by atoms with Gasteiger partial charge in [0.05, 0.1) is 5.92 Å². The molecular weight excluding hydrogens is 623 g/mol. The number of hydrogen-bond donors (Lipinski definition) is 3. The second kappa shape index (κ2) is 33.0. The van der Waals surface area contributed by atoms with E-state index >= 15 is 0 Å². The molecule has 2 unspecified atom stereocenters. The van der Waals surface area contributed by atoms with Crippen molar-refractivity contribution in [3.8, 4) is 0 Å². The van der Waals surface area contributed by atoms with Crippen molar-refractivity contribution in [3.05, 3.63) is 0 Å². The number of rotatable bonds is 36. The first-order valence-electron chi connectivity index (χ1n) is 19.6. The molecule has 0 aromatic carbocycles. The first-order valence-corrected chi connectivity index (χ1v) is 21.0. The molecule has 0 aliphatic carbocycles. The van der Waals surface area contributed by atoms with Crippen LogP contribution >= 0.6 is 0 Å². The molecule has 0 amide bonds. The fraction of sp³-hybridized carbons (Fsp3) is 0.947. The van der Waals surface area contributed by atoms with Crippen molar-refractivity contribution in [1.29, 1.82) is 0 Å². The van der Waals surface area contributed by atoms with E-state index in [0.29, 0.717) is 12.8 Å². The average Bonchev–Trinajstić information content (AvgIpc) is 3.00. The van der Waals surface area contributed by atoms with Gasteiger partial charge in [-0.15, -0.1) is 0 Å². The van der Waals surface area contributed by atoms with Gasteiger partial charge in [-0.25, -0.2) is 0 Å². The zero-order chi connectivity index (χ0) is 34.4. The molecule has 0 spiro atoms. The minimum absolute atomic E-state index is 0. The van der Waals surface area contributed by atoms with Crippen LogP contribution in [0.15, 0.2) is 0 Å².